The van der Waals surface area contributed by atoms with E-state index in [4.69, 9.17) is 16.7 Å². The summed E-state index contributed by atoms with van der Waals surface area (Å²) in [6.45, 7) is 0. The van der Waals surface area contributed by atoms with Crippen molar-refractivity contribution in [3.63, 3.8) is 0 Å². The van der Waals surface area contributed by atoms with Gasteiger partial charge in [0.05, 0.1) is 11.1 Å². The van der Waals surface area contributed by atoms with Crippen molar-refractivity contribution in [1.29, 1.82) is 0 Å². The number of nitrogens with zero attached hydrogens (tertiary/aromatic N) is 2. The molecule has 2 heterocycles. The van der Waals surface area contributed by atoms with Gasteiger partial charge in [-0.2, -0.15) is 5.10 Å². The summed E-state index contributed by atoms with van der Waals surface area (Å²) >= 11 is 5.97. The van der Waals surface area contributed by atoms with Crippen molar-refractivity contribution in [2.45, 2.75) is 16.9 Å². The highest BCUT2D eigenvalue weighted by Gasteiger charge is 2.44. The van der Waals surface area contributed by atoms with Gasteiger partial charge in [0.1, 0.15) is 11.5 Å². The summed E-state index contributed by atoms with van der Waals surface area (Å²) in [5, 5.41) is 15.0. The normalized spacial score (nSPS) is 18.0. The van der Waals surface area contributed by atoms with Crippen LogP contribution in [0.25, 0.3) is 5.70 Å². The Labute approximate surface area is 186 Å². The van der Waals surface area contributed by atoms with E-state index in [1.807, 2.05) is 0 Å². The topological polar surface area (TPSA) is 119 Å². The summed E-state index contributed by atoms with van der Waals surface area (Å²) < 4.78 is 52.1. The van der Waals surface area contributed by atoms with Crippen molar-refractivity contribution in [2.24, 2.45) is 5.14 Å². The average Bonchev–Trinajstić information content (AvgIpc) is 3.21. The molecule has 2 aromatic carbocycles. The maximum absolute atomic E-state index is 13.9. The quantitative estimate of drug-likeness (QED) is 0.519. The number of halogens is 3. The summed E-state index contributed by atoms with van der Waals surface area (Å²) in [7, 11) is -4.01. The number of anilines is 2. The predicted molar refractivity (Wildman–Crippen MR) is 116 cm³/mol. The third kappa shape index (κ3) is 3.97. The van der Waals surface area contributed by atoms with E-state index in [2.05, 4.69) is 15.7 Å². The lowest BCUT2D eigenvalue weighted by atomic mass is 9.86. The summed E-state index contributed by atoms with van der Waals surface area (Å²) in [5.74, 6) is -0.567. The van der Waals surface area contributed by atoms with E-state index in [9.17, 15) is 22.0 Å². The number of rotatable bonds is 5. The molecular weight excluding hydrogens is 464 g/mol. The number of fused-ring (bicyclic) bond motifs is 1. The van der Waals surface area contributed by atoms with E-state index in [-0.39, 0.29) is 16.4 Å². The Bertz CT molecular complexity index is 1330. The van der Waals surface area contributed by atoms with Gasteiger partial charge < -0.3 is 10.6 Å². The molecule has 8 nitrogen and oxygen atoms in total. The first-order chi connectivity index (χ1) is 15.1. The molecule has 12 heteroatoms. The van der Waals surface area contributed by atoms with Crippen molar-refractivity contribution in [1.82, 2.24) is 9.78 Å². The van der Waals surface area contributed by atoms with E-state index in [1.54, 1.807) is 0 Å². The third-order valence-corrected chi connectivity index (χ3v) is 6.04. The second kappa shape index (κ2) is 8.01. The van der Waals surface area contributed by atoms with Crippen molar-refractivity contribution in [2.75, 3.05) is 10.6 Å². The number of aromatic nitrogens is 2. The summed E-state index contributed by atoms with van der Waals surface area (Å²) in [4.78, 5) is 13.3. The maximum atomic E-state index is 13.9. The largest absolute Gasteiger partial charge is 0.349 e. The number of carbonyl (C=O) groups excluding carboxylic acids is 1. The molecule has 0 radical (unpaired) electrons. The number of nitrogens with one attached hydrogen (secondary N) is 2. The number of primary sulfonamides is 1. The van der Waals surface area contributed by atoms with Crippen molar-refractivity contribution >= 4 is 44.7 Å². The summed E-state index contributed by atoms with van der Waals surface area (Å²) in [6.07, 6.45) is -0.523. The van der Waals surface area contributed by atoms with Gasteiger partial charge in [0.25, 0.3) is 12.3 Å². The van der Waals surface area contributed by atoms with Gasteiger partial charge in [0, 0.05) is 16.8 Å². The fraction of sp³-hybridized carbons (Fsp3) is 0.100. The number of hydrogen-bond donors (Lipinski definition) is 3. The van der Waals surface area contributed by atoms with Crippen LogP contribution < -0.4 is 15.8 Å². The molecule has 4 rings (SSSR count). The zero-order chi connectivity index (χ0) is 23.1. The van der Waals surface area contributed by atoms with Gasteiger partial charge in [-0.25, -0.2) is 27.0 Å². The average molecular weight is 480 g/mol. The van der Waals surface area contributed by atoms with Crippen molar-refractivity contribution in [3.05, 3.63) is 77.5 Å². The Morgan fingerprint density at radius 2 is 1.91 bits per heavy atom. The molecule has 1 aliphatic rings. The molecule has 1 aromatic heterocycles. The van der Waals surface area contributed by atoms with Crippen LogP contribution in [0.4, 0.5) is 20.3 Å². The Morgan fingerprint density at radius 1 is 1.19 bits per heavy atom. The first kappa shape index (κ1) is 21.9. The molecule has 1 amide bonds. The molecule has 0 saturated carbocycles. The minimum absolute atomic E-state index is 0.114. The third-order valence-electron chi connectivity index (χ3n) is 4.88. The minimum Gasteiger partial charge on any atom is -0.349 e. The lowest BCUT2D eigenvalue weighted by molar-refractivity contribution is -0.119. The first-order valence-electron chi connectivity index (χ1n) is 9.14. The highest BCUT2D eigenvalue weighted by Crippen LogP contribution is 2.38. The monoisotopic (exact) mass is 479 g/mol. The molecule has 1 atom stereocenters. The molecule has 0 spiro atoms. The number of nitrogens with two attached hydrogens (primary N) is 1. The first-order valence-corrected chi connectivity index (χ1v) is 11.1. The maximum Gasteiger partial charge on any atom is 0.280 e. The Hall–Kier alpha value is -3.28. The predicted octanol–water partition coefficient (Wildman–Crippen LogP) is 3.25. The molecule has 0 fully saturated rings. The minimum atomic E-state index is -4.01. The van der Waals surface area contributed by atoms with Gasteiger partial charge >= 0.3 is 0 Å². The van der Waals surface area contributed by atoms with Crippen LogP contribution in [0.3, 0.4) is 0 Å². The Kier molecular flexibility index (Phi) is 5.49. The highest BCUT2D eigenvalue weighted by molar-refractivity contribution is 7.89. The molecule has 1 unspecified atom stereocenters. The Balaban J connectivity index is 1.84. The smallest absolute Gasteiger partial charge is 0.280 e. The molecular formula is C20H16ClF2N5O3S. The molecule has 0 bridgehead atoms. The van der Waals surface area contributed by atoms with Crippen LogP contribution in [-0.2, 0) is 20.4 Å². The van der Waals surface area contributed by atoms with Gasteiger partial charge in [-0.05, 0) is 42.0 Å². The number of carbonyl (C=O) groups is 1. The molecule has 0 saturated heterocycles. The van der Waals surface area contributed by atoms with Gasteiger partial charge in [0.2, 0.25) is 10.0 Å². The fourth-order valence-electron chi connectivity index (χ4n) is 3.38. The number of benzene rings is 2. The van der Waals surface area contributed by atoms with Gasteiger partial charge in [-0.3, -0.25) is 4.79 Å². The lowest BCUT2D eigenvalue weighted by Gasteiger charge is -2.36. The van der Waals surface area contributed by atoms with E-state index >= 15 is 0 Å². The summed E-state index contributed by atoms with van der Waals surface area (Å²) in [5.41, 5.74) is -1.83. The highest BCUT2D eigenvalue weighted by atomic mass is 35.5. The number of amides is 1. The van der Waals surface area contributed by atoms with Gasteiger partial charge in [-0.15, -0.1) is 0 Å². The zero-order valence-corrected chi connectivity index (χ0v) is 17.7. The van der Waals surface area contributed by atoms with E-state index in [0.29, 0.717) is 10.6 Å². The summed E-state index contributed by atoms with van der Waals surface area (Å²) in [6, 6.07) is 12.9. The van der Waals surface area contributed by atoms with Crippen LogP contribution in [0.2, 0.25) is 5.02 Å². The lowest BCUT2D eigenvalue weighted by Crippen LogP contribution is -2.48. The SMILES string of the molecule is NS(=O)(=O)c1cccc(NC(=O)C2(c3ccc(Cl)cc3)C=C(C(F)F)n3nccc3N2)c1. The second-order valence-corrected chi connectivity index (χ2v) is 8.96. The van der Waals surface area contributed by atoms with Crippen LogP contribution in [0.5, 0.6) is 0 Å². The molecule has 166 valence electrons. The number of alkyl halides is 2. The van der Waals surface area contributed by atoms with E-state index in [0.717, 1.165) is 10.8 Å². The number of allylic oxidation sites excluding steroid dienone is 1. The molecule has 3 aromatic rings. The van der Waals surface area contributed by atoms with E-state index in [1.165, 1.54) is 60.8 Å². The van der Waals surface area contributed by atoms with E-state index < -0.39 is 33.6 Å². The molecule has 1 aliphatic heterocycles. The number of sulfonamides is 1. The van der Waals surface area contributed by atoms with Crippen LogP contribution in [-0.4, -0.2) is 30.5 Å². The van der Waals surface area contributed by atoms with Crippen molar-refractivity contribution in [3.8, 4) is 0 Å². The van der Waals surface area contributed by atoms with Crippen LogP contribution >= 0.6 is 11.6 Å². The fourth-order valence-corrected chi connectivity index (χ4v) is 4.07. The Morgan fingerprint density at radius 3 is 2.56 bits per heavy atom. The number of hydrogen-bond acceptors (Lipinski definition) is 5. The van der Waals surface area contributed by atoms with Crippen LogP contribution in [0.1, 0.15) is 5.56 Å². The van der Waals surface area contributed by atoms with Crippen molar-refractivity contribution < 1.29 is 22.0 Å². The zero-order valence-electron chi connectivity index (χ0n) is 16.2. The molecule has 0 aliphatic carbocycles. The van der Waals surface area contributed by atoms with Gasteiger partial charge in [0.15, 0.2) is 5.54 Å². The molecule has 32 heavy (non-hydrogen) atoms. The standard InChI is InChI=1S/C20H16ClF2N5O3S/c21-13-6-4-12(5-7-13)20(11-16(18(22)23)28-17(27-20)8-9-25-28)19(29)26-14-2-1-3-15(10-14)32(24,30)31/h1-11,18,27H,(H,26,29)(H2,24,30,31). The van der Waals surface area contributed by atoms with Crippen LogP contribution in [0, 0.1) is 0 Å². The second-order valence-electron chi connectivity index (χ2n) is 6.97. The van der Waals surface area contributed by atoms with Gasteiger partial charge in [-0.1, -0.05) is 29.8 Å². The molecule has 4 N–H and O–H groups in total. The van der Waals surface area contributed by atoms with Crippen LogP contribution in [0.15, 0.2) is 71.8 Å².